The van der Waals surface area contributed by atoms with E-state index < -0.39 is 8.24 Å². The fourth-order valence-electron chi connectivity index (χ4n) is 1.29. The van der Waals surface area contributed by atoms with E-state index in [9.17, 15) is 0 Å². The molecule has 0 N–H and O–H groups in total. The van der Waals surface area contributed by atoms with Crippen LogP contribution in [0.4, 0.5) is 0 Å². The molecule has 0 spiro atoms. The number of aliphatic imine (C=N–C) groups is 1. The van der Waals surface area contributed by atoms with Crippen LogP contribution >= 0.6 is 0 Å². The molecule has 1 aliphatic heterocycles. The fourth-order valence-corrected chi connectivity index (χ4v) is 2.20. The van der Waals surface area contributed by atoms with Gasteiger partial charge in [-0.1, -0.05) is 19.6 Å². The summed E-state index contributed by atoms with van der Waals surface area (Å²) in [6, 6.07) is 0. The van der Waals surface area contributed by atoms with Crippen molar-refractivity contribution in [3.05, 3.63) is 18.2 Å². The van der Waals surface area contributed by atoms with E-state index in [2.05, 4.69) is 33.9 Å². The lowest BCUT2D eigenvalue weighted by Crippen LogP contribution is -2.30. The second-order valence-corrected chi connectivity index (χ2v) is 9.23. The lowest BCUT2D eigenvalue weighted by molar-refractivity contribution is 0.347. The number of imidazole rings is 1. The van der Waals surface area contributed by atoms with Gasteiger partial charge < -0.3 is 8.97 Å². The van der Waals surface area contributed by atoms with Crippen molar-refractivity contribution >= 4 is 14.1 Å². The summed E-state index contributed by atoms with van der Waals surface area (Å²) < 4.78 is 7.56. The van der Waals surface area contributed by atoms with Crippen LogP contribution < -0.4 is 0 Å². The van der Waals surface area contributed by atoms with Crippen molar-refractivity contribution in [2.45, 2.75) is 19.6 Å². The van der Waals surface area contributed by atoms with Gasteiger partial charge in [-0.3, -0.25) is 0 Å². The maximum atomic E-state index is 5.35. The molecule has 4 nitrogen and oxygen atoms in total. The highest BCUT2D eigenvalue weighted by Crippen LogP contribution is 2.10. The average Bonchev–Trinajstić information content (AvgIpc) is 2.73. The van der Waals surface area contributed by atoms with Crippen LogP contribution in [-0.4, -0.2) is 36.5 Å². The maximum Gasteiger partial charge on any atom is 0.237 e. The van der Waals surface area contributed by atoms with Crippen molar-refractivity contribution in [3.8, 4) is 0 Å². The number of nitrogens with zero attached hydrogens (tertiary/aromatic N) is 3. The number of ether oxygens (including phenoxy) is 1. The van der Waals surface area contributed by atoms with Gasteiger partial charge in [-0.05, 0) is 0 Å². The Labute approximate surface area is 84.7 Å². The predicted molar refractivity (Wildman–Crippen MR) is 58.3 cm³/mol. The summed E-state index contributed by atoms with van der Waals surface area (Å²) >= 11 is 0. The zero-order chi connectivity index (χ0) is 10.2. The van der Waals surface area contributed by atoms with Gasteiger partial charge in [0.1, 0.15) is 12.3 Å². The van der Waals surface area contributed by atoms with Gasteiger partial charge >= 0.3 is 0 Å². The molecule has 0 bridgehead atoms. The second-order valence-electron chi connectivity index (χ2n) is 4.37. The number of aromatic nitrogens is 2. The van der Waals surface area contributed by atoms with Crippen LogP contribution in [0.5, 0.6) is 0 Å². The van der Waals surface area contributed by atoms with Gasteiger partial charge in [-0.2, -0.15) is 0 Å². The Morgan fingerprint density at radius 2 is 2.21 bits per heavy atom. The highest BCUT2D eigenvalue weighted by atomic mass is 28.3. The monoisotopic (exact) mass is 209 g/mol. The van der Waals surface area contributed by atoms with Crippen molar-refractivity contribution < 1.29 is 4.74 Å². The summed E-state index contributed by atoms with van der Waals surface area (Å²) in [4.78, 5) is 8.54. The van der Waals surface area contributed by atoms with E-state index in [-0.39, 0.29) is 0 Å². The molecule has 2 heterocycles. The fraction of sp³-hybridized carbons (Fsp3) is 0.556. The molecule has 0 aliphatic carbocycles. The summed E-state index contributed by atoms with van der Waals surface area (Å²) in [5, 5.41) is 0. The van der Waals surface area contributed by atoms with Gasteiger partial charge in [0.05, 0.1) is 12.9 Å². The summed E-state index contributed by atoms with van der Waals surface area (Å²) in [7, 11) is -1.32. The topological polar surface area (TPSA) is 39.4 Å². The summed E-state index contributed by atoms with van der Waals surface area (Å²) in [6.07, 6.45) is 3.92. The molecule has 0 radical (unpaired) electrons. The molecule has 0 amide bonds. The normalized spacial score (nSPS) is 16.6. The molecule has 5 heteroatoms. The molecule has 1 aromatic heterocycles. The molecule has 0 saturated carbocycles. The Morgan fingerprint density at radius 1 is 1.43 bits per heavy atom. The first-order valence-electron chi connectivity index (χ1n) is 4.79. The maximum absolute atomic E-state index is 5.35. The van der Waals surface area contributed by atoms with Gasteiger partial charge in [0.25, 0.3) is 0 Å². The molecule has 0 fully saturated rings. The van der Waals surface area contributed by atoms with Crippen molar-refractivity contribution in [1.82, 2.24) is 9.22 Å². The van der Waals surface area contributed by atoms with Gasteiger partial charge in [0.15, 0.2) is 8.24 Å². The first-order chi connectivity index (χ1) is 6.57. The van der Waals surface area contributed by atoms with Gasteiger partial charge in [-0.25, -0.2) is 9.98 Å². The van der Waals surface area contributed by atoms with Crippen LogP contribution in [0, 0.1) is 0 Å². The van der Waals surface area contributed by atoms with Crippen LogP contribution in [0.15, 0.2) is 17.5 Å². The van der Waals surface area contributed by atoms with E-state index >= 15 is 0 Å². The molecular formula is C9H15N3OSi. The summed E-state index contributed by atoms with van der Waals surface area (Å²) in [5.41, 5.74) is 0.866. The third kappa shape index (κ3) is 1.72. The molecule has 1 aromatic rings. The lowest BCUT2D eigenvalue weighted by atomic mass is 10.5. The van der Waals surface area contributed by atoms with Gasteiger partial charge in [0, 0.05) is 6.20 Å². The highest BCUT2D eigenvalue weighted by Gasteiger charge is 2.19. The number of rotatable bonds is 2. The number of hydrogen-bond acceptors (Lipinski definition) is 3. The zero-order valence-electron chi connectivity index (χ0n) is 8.82. The minimum Gasteiger partial charge on any atom is -0.474 e. The molecule has 0 saturated heterocycles. The third-order valence-corrected chi connectivity index (χ3v) is 3.96. The molecule has 76 valence electrons. The zero-order valence-corrected chi connectivity index (χ0v) is 9.82. The Morgan fingerprint density at radius 3 is 2.71 bits per heavy atom. The Balaban J connectivity index is 2.26. The second kappa shape index (κ2) is 3.24. The van der Waals surface area contributed by atoms with Crippen molar-refractivity contribution in [3.63, 3.8) is 0 Å². The molecule has 2 rings (SSSR count). The quantitative estimate of drug-likeness (QED) is 0.690. The van der Waals surface area contributed by atoms with Crippen molar-refractivity contribution in [1.29, 1.82) is 0 Å². The highest BCUT2D eigenvalue weighted by molar-refractivity contribution is 6.74. The van der Waals surface area contributed by atoms with Crippen LogP contribution in [-0.2, 0) is 4.74 Å². The van der Waals surface area contributed by atoms with Crippen LogP contribution in [0.25, 0.3) is 0 Å². The van der Waals surface area contributed by atoms with Gasteiger partial charge in [0.2, 0.25) is 5.90 Å². The molecule has 14 heavy (non-hydrogen) atoms. The van der Waals surface area contributed by atoms with Crippen LogP contribution in [0.1, 0.15) is 5.69 Å². The molecule has 0 atom stereocenters. The standard InChI is InChI=1S/C9H15N3OSi/c1-14(2,3)12-6-8(11-7-12)9-10-4-5-13-9/h6-7H,4-5H2,1-3H3. The van der Waals surface area contributed by atoms with Crippen molar-refractivity contribution in [2.75, 3.05) is 13.2 Å². The third-order valence-electron chi connectivity index (χ3n) is 2.16. The molecule has 0 unspecified atom stereocenters. The summed E-state index contributed by atoms with van der Waals surface area (Å²) in [5.74, 6) is 0.696. The Hall–Kier alpha value is -1.10. The van der Waals surface area contributed by atoms with E-state index in [1.54, 1.807) is 0 Å². The van der Waals surface area contributed by atoms with E-state index in [1.807, 2.05) is 12.5 Å². The van der Waals surface area contributed by atoms with E-state index in [4.69, 9.17) is 4.74 Å². The van der Waals surface area contributed by atoms with Crippen LogP contribution in [0.3, 0.4) is 0 Å². The molecule has 1 aliphatic rings. The first kappa shape index (κ1) is 9.45. The van der Waals surface area contributed by atoms with E-state index in [1.165, 1.54) is 0 Å². The van der Waals surface area contributed by atoms with Gasteiger partial charge in [-0.15, -0.1) is 0 Å². The smallest absolute Gasteiger partial charge is 0.237 e. The predicted octanol–water partition coefficient (Wildman–Crippen LogP) is 1.34. The average molecular weight is 209 g/mol. The first-order valence-corrected chi connectivity index (χ1v) is 8.24. The van der Waals surface area contributed by atoms with E-state index in [0.29, 0.717) is 12.5 Å². The van der Waals surface area contributed by atoms with Crippen molar-refractivity contribution in [2.24, 2.45) is 4.99 Å². The lowest BCUT2D eigenvalue weighted by Gasteiger charge is -2.16. The molecular weight excluding hydrogens is 194 g/mol. The summed E-state index contributed by atoms with van der Waals surface area (Å²) in [6.45, 7) is 8.27. The minimum atomic E-state index is -1.32. The SMILES string of the molecule is C[Si](C)(C)n1cnc(C2=NCCO2)c1. The minimum absolute atomic E-state index is 0.690. The van der Waals surface area contributed by atoms with E-state index in [0.717, 1.165) is 12.2 Å². The largest absolute Gasteiger partial charge is 0.474 e. The Kier molecular flexibility index (Phi) is 2.18. The Bertz CT molecular complexity index is 364. The molecule has 0 aromatic carbocycles. The van der Waals surface area contributed by atoms with Crippen LogP contribution in [0.2, 0.25) is 19.6 Å². The number of hydrogen-bond donors (Lipinski definition) is 0.